The molecule has 1 amide bonds. The van der Waals surface area contributed by atoms with Crippen molar-refractivity contribution in [2.24, 2.45) is 0 Å². The third kappa shape index (κ3) is 5.10. The van der Waals surface area contributed by atoms with Gasteiger partial charge in [-0.2, -0.15) is 0 Å². The summed E-state index contributed by atoms with van der Waals surface area (Å²) in [5.74, 6) is -1.68. The SMILES string of the molecule is COc1cc(C(=O)O[C@H](C)C(=O)Nc2ccc(C(C)=O)cc2)c([N+](=O)[O-])cc1OC. The minimum Gasteiger partial charge on any atom is -0.493 e. The molecular weight excluding hydrogens is 396 g/mol. The minimum absolute atomic E-state index is 0.0700. The highest BCUT2D eigenvalue weighted by Crippen LogP contribution is 2.35. The number of amides is 1. The third-order valence-electron chi connectivity index (χ3n) is 4.13. The van der Waals surface area contributed by atoms with Crippen LogP contribution in [0, 0.1) is 10.1 Å². The summed E-state index contributed by atoms with van der Waals surface area (Å²) in [7, 11) is 2.61. The standard InChI is InChI=1S/C20H20N2O8/c1-11(23)13-5-7-14(8-6-13)21-19(24)12(2)30-20(25)15-9-17(28-3)18(29-4)10-16(15)22(26)27/h5-10,12H,1-4H3,(H,21,24)/t12-/m1/s1. The summed E-state index contributed by atoms with van der Waals surface area (Å²) < 4.78 is 15.2. The zero-order chi connectivity index (χ0) is 22.4. The summed E-state index contributed by atoms with van der Waals surface area (Å²) in [5.41, 5.74) is -0.0635. The Labute approximate surface area is 171 Å². The Morgan fingerprint density at radius 2 is 1.60 bits per heavy atom. The first-order valence-corrected chi connectivity index (χ1v) is 8.71. The Hall–Kier alpha value is -3.95. The Morgan fingerprint density at radius 1 is 1.03 bits per heavy atom. The van der Waals surface area contributed by atoms with Gasteiger partial charge in [0.05, 0.1) is 25.2 Å². The van der Waals surface area contributed by atoms with Crippen LogP contribution in [0.5, 0.6) is 11.5 Å². The maximum Gasteiger partial charge on any atom is 0.346 e. The summed E-state index contributed by atoms with van der Waals surface area (Å²) in [6.45, 7) is 2.74. The Bertz CT molecular complexity index is 985. The van der Waals surface area contributed by atoms with Crippen molar-refractivity contribution >= 4 is 29.0 Å². The van der Waals surface area contributed by atoms with Gasteiger partial charge in [-0.25, -0.2) is 4.79 Å². The predicted molar refractivity (Wildman–Crippen MR) is 106 cm³/mol. The van der Waals surface area contributed by atoms with E-state index in [1.54, 1.807) is 12.1 Å². The normalized spacial score (nSPS) is 11.2. The van der Waals surface area contributed by atoms with Gasteiger partial charge >= 0.3 is 5.97 Å². The van der Waals surface area contributed by atoms with Crippen molar-refractivity contribution in [2.45, 2.75) is 20.0 Å². The lowest BCUT2D eigenvalue weighted by atomic mass is 10.1. The monoisotopic (exact) mass is 416 g/mol. The number of hydrogen-bond acceptors (Lipinski definition) is 8. The number of nitro groups is 1. The number of anilines is 1. The largest absolute Gasteiger partial charge is 0.493 e. The molecule has 0 saturated heterocycles. The average Bonchev–Trinajstić information content (AvgIpc) is 2.72. The van der Waals surface area contributed by atoms with Gasteiger partial charge < -0.3 is 19.5 Å². The summed E-state index contributed by atoms with van der Waals surface area (Å²) in [5, 5.41) is 13.9. The number of Topliss-reactive ketones (excluding diaryl/α,β-unsaturated/α-hetero) is 1. The molecule has 30 heavy (non-hydrogen) atoms. The first-order chi connectivity index (χ1) is 14.2. The van der Waals surface area contributed by atoms with Gasteiger partial charge in [-0.15, -0.1) is 0 Å². The first-order valence-electron chi connectivity index (χ1n) is 8.71. The topological polar surface area (TPSA) is 134 Å². The van der Waals surface area contributed by atoms with Crippen LogP contribution in [0.15, 0.2) is 36.4 Å². The number of ketones is 1. The smallest absolute Gasteiger partial charge is 0.346 e. The maximum atomic E-state index is 12.5. The fourth-order valence-corrected chi connectivity index (χ4v) is 2.49. The number of nitrogens with one attached hydrogen (secondary N) is 1. The molecule has 2 rings (SSSR count). The number of methoxy groups -OCH3 is 2. The van der Waals surface area contributed by atoms with E-state index in [2.05, 4.69) is 5.32 Å². The molecule has 2 aromatic rings. The van der Waals surface area contributed by atoms with Gasteiger partial charge in [0.25, 0.3) is 11.6 Å². The van der Waals surface area contributed by atoms with Gasteiger partial charge in [-0.1, -0.05) is 0 Å². The van der Waals surface area contributed by atoms with Crippen molar-refractivity contribution in [3.05, 3.63) is 57.6 Å². The van der Waals surface area contributed by atoms with Gasteiger partial charge in [0.15, 0.2) is 23.4 Å². The Kier molecular flexibility index (Phi) is 7.08. The van der Waals surface area contributed by atoms with Gasteiger partial charge in [0.1, 0.15) is 5.56 Å². The second-order valence-corrected chi connectivity index (χ2v) is 6.15. The molecule has 0 aromatic heterocycles. The molecule has 10 nitrogen and oxygen atoms in total. The third-order valence-corrected chi connectivity index (χ3v) is 4.13. The summed E-state index contributed by atoms with van der Waals surface area (Å²) in [4.78, 5) is 46.7. The van der Waals surface area contributed by atoms with E-state index in [9.17, 15) is 24.5 Å². The van der Waals surface area contributed by atoms with E-state index < -0.39 is 28.6 Å². The summed E-state index contributed by atoms with van der Waals surface area (Å²) in [6.07, 6.45) is -1.25. The van der Waals surface area contributed by atoms with Crippen LogP contribution in [0.3, 0.4) is 0 Å². The molecule has 0 fully saturated rings. The molecule has 0 aliphatic carbocycles. The van der Waals surface area contributed by atoms with Crippen LogP contribution in [0.2, 0.25) is 0 Å². The van der Waals surface area contributed by atoms with Crippen molar-refractivity contribution in [1.82, 2.24) is 0 Å². The van der Waals surface area contributed by atoms with E-state index in [-0.39, 0.29) is 22.8 Å². The second-order valence-electron chi connectivity index (χ2n) is 6.15. The van der Waals surface area contributed by atoms with Gasteiger partial charge in [0.2, 0.25) is 0 Å². The molecule has 1 N–H and O–H groups in total. The molecule has 158 valence electrons. The quantitative estimate of drug-likeness (QED) is 0.300. The number of ether oxygens (including phenoxy) is 3. The molecule has 2 aromatic carbocycles. The zero-order valence-electron chi connectivity index (χ0n) is 16.8. The number of nitrogens with zero attached hydrogens (tertiary/aromatic N) is 1. The van der Waals surface area contributed by atoms with Crippen LogP contribution in [-0.4, -0.2) is 42.9 Å². The van der Waals surface area contributed by atoms with E-state index >= 15 is 0 Å². The second kappa shape index (κ2) is 9.50. The highest BCUT2D eigenvalue weighted by atomic mass is 16.6. The summed E-state index contributed by atoms with van der Waals surface area (Å²) >= 11 is 0. The number of esters is 1. The minimum atomic E-state index is -1.25. The fraction of sp³-hybridized carbons (Fsp3) is 0.250. The van der Waals surface area contributed by atoms with Crippen molar-refractivity contribution in [2.75, 3.05) is 19.5 Å². The number of rotatable bonds is 8. The van der Waals surface area contributed by atoms with E-state index in [1.807, 2.05) is 0 Å². The molecule has 0 spiro atoms. The molecule has 0 unspecified atom stereocenters. The summed E-state index contributed by atoms with van der Waals surface area (Å²) in [6, 6.07) is 8.30. The van der Waals surface area contributed by atoms with Crippen molar-refractivity contribution in [3.63, 3.8) is 0 Å². The molecular formula is C20H20N2O8. The first kappa shape index (κ1) is 22.3. The molecule has 1 atom stereocenters. The number of hydrogen-bond donors (Lipinski definition) is 1. The highest BCUT2D eigenvalue weighted by molar-refractivity contribution is 6.00. The van der Waals surface area contributed by atoms with Crippen LogP contribution in [-0.2, 0) is 9.53 Å². The van der Waals surface area contributed by atoms with Crippen LogP contribution in [0.4, 0.5) is 11.4 Å². The van der Waals surface area contributed by atoms with Gasteiger partial charge in [-0.05, 0) is 38.1 Å². The molecule has 0 aliphatic heterocycles. The molecule has 0 saturated carbocycles. The number of nitro benzene ring substituents is 1. The lowest BCUT2D eigenvalue weighted by Crippen LogP contribution is -2.30. The lowest BCUT2D eigenvalue weighted by molar-refractivity contribution is -0.385. The van der Waals surface area contributed by atoms with Crippen molar-refractivity contribution in [1.29, 1.82) is 0 Å². The zero-order valence-corrected chi connectivity index (χ0v) is 16.8. The lowest BCUT2D eigenvalue weighted by Gasteiger charge is -2.15. The van der Waals surface area contributed by atoms with Crippen LogP contribution >= 0.6 is 0 Å². The molecule has 10 heteroatoms. The van der Waals surface area contributed by atoms with E-state index in [4.69, 9.17) is 14.2 Å². The maximum absolute atomic E-state index is 12.5. The van der Waals surface area contributed by atoms with Crippen LogP contribution in [0.1, 0.15) is 34.6 Å². The molecule has 0 heterocycles. The van der Waals surface area contributed by atoms with Gasteiger partial charge in [0, 0.05) is 17.3 Å². The number of carbonyl (C=O) groups is 3. The highest BCUT2D eigenvalue weighted by Gasteiger charge is 2.28. The van der Waals surface area contributed by atoms with Crippen LogP contribution in [0.25, 0.3) is 0 Å². The molecule has 0 bridgehead atoms. The van der Waals surface area contributed by atoms with E-state index in [1.165, 1.54) is 40.2 Å². The van der Waals surface area contributed by atoms with E-state index in [0.29, 0.717) is 11.3 Å². The number of benzene rings is 2. The number of carbonyl (C=O) groups excluding carboxylic acids is 3. The Balaban J connectivity index is 2.17. The fourth-order valence-electron chi connectivity index (χ4n) is 2.49. The molecule has 0 aliphatic rings. The Morgan fingerprint density at radius 3 is 2.10 bits per heavy atom. The molecule has 0 radical (unpaired) electrons. The van der Waals surface area contributed by atoms with Gasteiger partial charge in [-0.3, -0.25) is 19.7 Å². The van der Waals surface area contributed by atoms with Crippen LogP contribution < -0.4 is 14.8 Å². The predicted octanol–water partition coefficient (Wildman–Crippen LogP) is 3.00. The van der Waals surface area contributed by atoms with Crippen molar-refractivity contribution < 1.29 is 33.5 Å². The average molecular weight is 416 g/mol. The van der Waals surface area contributed by atoms with E-state index in [0.717, 1.165) is 12.1 Å². The van der Waals surface area contributed by atoms with Crippen molar-refractivity contribution in [3.8, 4) is 11.5 Å².